The highest BCUT2D eigenvalue weighted by molar-refractivity contribution is 7.26. The molecule has 0 saturated heterocycles. The summed E-state index contributed by atoms with van der Waals surface area (Å²) in [5, 5.41) is 7.47. The lowest BCUT2D eigenvalue weighted by Crippen LogP contribution is -2.09. The van der Waals surface area contributed by atoms with Gasteiger partial charge in [0.1, 0.15) is 11.5 Å². The average Bonchev–Trinajstić information content (AvgIpc) is 3.43. The minimum Gasteiger partial charge on any atom is -0.456 e. The van der Waals surface area contributed by atoms with Gasteiger partial charge in [-0.3, -0.25) is 0 Å². The van der Waals surface area contributed by atoms with Crippen LogP contribution < -0.4 is 9.64 Å². The van der Waals surface area contributed by atoms with Gasteiger partial charge in [-0.2, -0.15) is 0 Å². The molecule has 0 amide bonds. The number of thiophene rings is 1. The van der Waals surface area contributed by atoms with Crippen molar-refractivity contribution in [2.75, 3.05) is 4.90 Å². The lowest BCUT2D eigenvalue weighted by molar-refractivity contribution is 0.493. The van der Waals surface area contributed by atoms with Gasteiger partial charge in [-0.05, 0) is 82.4 Å². The van der Waals surface area contributed by atoms with Gasteiger partial charge in [0.15, 0.2) is 0 Å². The lowest BCUT2D eigenvalue weighted by Gasteiger charge is -2.26. The Morgan fingerprint density at radius 2 is 1.15 bits per heavy atom. The molecule has 8 aromatic rings. The fourth-order valence-electron chi connectivity index (χ4n) is 6.34. The van der Waals surface area contributed by atoms with Crippen molar-refractivity contribution in [1.29, 1.82) is 0 Å². The molecule has 0 unspecified atom stereocenters. The number of rotatable bonds is 4. The molecule has 0 radical (unpaired) electrons. The Kier molecular flexibility index (Phi) is 4.80. The summed E-state index contributed by atoms with van der Waals surface area (Å²) in [7, 11) is 0. The summed E-state index contributed by atoms with van der Waals surface area (Å²) in [6.07, 6.45) is 0. The van der Waals surface area contributed by atoms with E-state index in [1.54, 1.807) is 0 Å². The van der Waals surface area contributed by atoms with E-state index in [0.29, 0.717) is 0 Å². The van der Waals surface area contributed by atoms with Gasteiger partial charge >= 0.3 is 0 Å². The minimum absolute atomic E-state index is 0.946. The fraction of sp³-hybridized carbons (Fsp3) is 0. The van der Waals surface area contributed by atoms with Crippen molar-refractivity contribution >= 4 is 70.1 Å². The third kappa shape index (κ3) is 3.43. The van der Waals surface area contributed by atoms with Crippen LogP contribution in [-0.2, 0) is 0 Å². The predicted octanol–water partition coefficient (Wildman–Crippen LogP) is 11.6. The van der Waals surface area contributed by atoms with Gasteiger partial charge in [-0.15, -0.1) is 11.3 Å². The van der Waals surface area contributed by atoms with Gasteiger partial charge in [-0.1, -0.05) is 78.9 Å². The molecule has 0 spiro atoms. The number of fused-ring (bicyclic) bond motifs is 1. The zero-order chi connectivity index (χ0) is 26.9. The molecule has 0 atom stereocenters. The van der Waals surface area contributed by atoms with Crippen LogP contribution in [0, 0.1) is 0 Å². The van der Waals surface area contributed by atoms with Crippen molar-refractivity contribution in [2.45, 2.75) is 0 Å². The van der Waals surface area contributed by atoms with Crippen LogP contribution >= 0.6 is 11.3 Å². The summed E-state index contributed by atoms with van der Waals surface area (Å²) in [6, 6.07) is 50.0. The van der Waals surface area contributed by atoms with Crippen molar-refractivity contribution in [1.82, 2.24) is 0 Å². The highest BCUT2D eigenvalue weighted by Crippen LogP contribution is 2.53. The first kappa shape index (κ1) is 22.7. The van der Waals surface area contributed by atoms with Crippen molar-refractivity contribution in [2.24, 2.45) is 0 Å². The molecule has 0 aliphatic carbocycles. The maximum atomic E-state index is 6.34. The van der Waals surface area contributed by atoms with Crippen LogP contribution in [0.25, 0.3) is 52.8 Å². The summed E-state index contributed by atoms with van der Waals surface area (Å²) < 4.78 is 8.93. The quantitative estimate of drug-likeness (QED) is 0.220. The van der Waals surface area contributed by atoms with Crippen LogP contribution in [0.4, 0.5) is 17.1 Å². The molecule has 0 saturated carbocycles. The normalized spacial score (nSPS) is 12.1. The summed E-state index contributed by atoms with van der Waals surface area (Å²) in [5.41, 5.74) is 5.88. The van der Waals surface area contributed by atoms with Gasteiger partial charge in [0, 0.05) is 48.2 Å². The Balaban J connectivity index is 1.22. The van der Waals surface area contributed by atoms with E-state index in [2.05, 4.69) is 144 Å². The van der Waals surface area contributed by atoms with E-state index in [1.807, 2.05) is 11.3 Å². The Labute approximate surface area is 241 Å². The third-order valence-electron chi connectivity index (χ3n) is 8.19. The first-order chi connectivity index (χ1) is 20.3. The first-order valence-electron chi connectivity index (χ1n) is 13.9. The molecule has 2 nitrogen and oxygen atoms in total. The molecule has 1 aliphatic rings. The zero-order valence-electron chi connectivity index (χ0n) is 22.0. The van der Waals surface area contributed by atoms with Crippen LogP contribution in [0.2, 0.25) is 0 Å². The maximum Gasteiger partial charge on any atom is 0.136 e. The molecule has 0 fully saturated rings. The molecule has 3 heteroatoms. The van der Waals surface area contributed by atoms with Crippen LogP contribution in [-0.4, -0.2) is 0 Å². The van der Waals surface area contributed by atoms with Gasteiger partial charge in [0.05, 0.1) is 0 Å². The van der Waals surface area contributed by atoms with Crippen LogP contribution in [0.15, 0.2) is 140 Å². The number of hydrogen-bond acceptors (Lipinski definition) is 3. The van der Waals surface area contributed by atoms with E-state index < -0.39 is 0 Å². The zero-order valence-corrected chi connectivity index (χ0v) is 22.9. The summed E-state index contributed by atoms with van der Waals surface area (Å²) in [6.45, 7) is 0. The summed E-state index contributed by atoms with van der Waals surface area (Å²) in [4.78, 5) is 2.33. The molecule has 7 aromatic carbocycles. The second-order valence-corrected chi connectivity index (χ2v) is 11.6. The van der Waals surface area contributed by atoms with E-state index >= 15 is 0 Å². The lowest BCUT2D eigenvalue weighted by atomic mass is 9.94. The molecule has 41 heavy (non-hydrogen) atoms. The molecule has 192 valence electrons. The Morgan fingerprint density at radius 3 is 2.00 bits per heavy atom. The first-order valence-corrected chi connectivity index (χ1v) is 14.7. The van der Waals surface area contributed by atoms with Crippen LogP contribution in [0.3, 0.4) is 0 Å². The second kappa shape index (κ2) is 8.69. The van der Waals surface area contributed by atoms with Gasteiger partial charge in [0.25, 0.3) is 0 Å². The number of benzene rings is 7. The number of para-hydroxylation sites is 1. The number of ether oxygens (including phenoxy) is 1. The summed E-state index contributed by atoms with van der Waals surface area (Å²) >= 11 is 1.86. The molecular weight excluding hydrogens is 518 g/mol. The van der Waals surface area contributed by atoms with E-state index in [4.69, 9.17) is 4.74 Å². The Morgan fingerprint density at radius 1 is 0.463 bits per heavy atom. The standard InChI is InChI=1S/C38H23NOS/c1-2-11-28(12-3-1)39(30-21-16-24-8-4-5-9-26(24)22-30)29-19-17-25(18-20-29)31-23-27-10-6-13-32-35(27)37-36-33(40-32)14-7-15-34(36)41-38(31)37/h1-23H. The smallest absolute Gasteiger partial charge is 0.136 e. The van der Waals surface area contributed by atoms with Gasteiger partial charge < -0.3 is 9.64 Å². The Bertz CT molecular complexity index is 2280. The Hall–Kier alpha value is -5.12. The van der Waals surface area contributed by atoms with E-state index in [-0.39, 0.29) is 0 Å². The molecule has 0 N–H and O–H groups in total. The molecule has 1 aliphatic heterocycles. The topological polar surface area (TPSA) is 12.5 Å². The molecule has 9 rings (SSSR count). The SMILES string of the molecule is c1ccc(N(c2ccc(-c3cc4cccc5c4c4c3sc3cccc(c34)O5)cc2)c2ccc3ccccc3c2)cc1. The second-order valence-electron chi connectivity index (χ2n) is 10.6. The third-order valence-corrected chi connectivity index (χ3v) is 9.38. The number of hydrogen-bond donors (Lipinski definition) is 0. The van der Waals surface area contributed by atoms with Crippen molar-refractivity contribution < 1.29 is 4.74 Å². The van der Waals surface area contributed by atoms with E-state index in [1.165, 1.54) is 52.8 Å². The van der Waals surface area contributed by atoms with E-state index in [0.717, 1.165) is 28.6 Å². The number of anilines is 3. The monoisotopic (exact) mass is 541 g/mol. The van der Waals surface area contributed by atoms with Crippen LogP contribution in [0.5, 0.6) is 11.5 Å². The van der Waals surface area contributed by atoms with Crippen molar-refractivity contribution in [3.63, 3.8) is 0 Å². The van der Waals surface area contributed by atoms with E-state index in [9.17, 15) is 0 Å². The van der Waals surface area contributed by atoms with Crippen molar-refractivity contribution in [3.8, 4) is 22.6 Å². The van der Waals surface area contributed by atoms with Gasteiger partial charge in [-0.25, -0.2) is 0 Å². The minimum atomic E-state index is 0.946. The highest BCUT2D eigenvalue weighted by atomic mass is 32.1. The highest BCUT2D eigenvalue weighted by Gasteiger charge is 2.23. The average molecular weight is 542 g/mol. The molecule has 2 heterocycles. The van der Waals surface area contributed by atoms with Crippen molar-refractivity contribution in [3.05, 3.63) is 140 Å². The molecular formula is C38H23NOS. The maximum absolute atomic E-state index is 6.34. The van der Waals surface area contributed by atoms with Gasteiger partial charge in [0.2, 0.25) is 0 Å². The summed E-state index contributed by atoms with van der Waals surface area (Å²) in [5.74, 6) is 1.90. The number of nitrogens with zero attached hydrogens (tertiary/aromatic N) is 1. The largest absolute Gasteiger partial charge is 0.456 e. The fourth-order valence-corrected chi connectivity index (χ4v) is 7.60. The van der Waals surface area contributed by atoms with Crippen LogP contribution in [0.1, 0.15) is 0 Å². The molecule has 0 bridgehead atoms. The predicted molar refractivity (Wildman–Crippen MR) is 175 cm³/mol. The molecule has 1 aromatic heterocycles.